The second kappa shape index (κ2) is 7.54. The van der Waals surface area contributed by atoms with Crippen molar-refractivity contribution in [2.45, 2.75) is 39.0 Å². The van der Waals surface area contributed by atoms with E-state index >= 15 is 0 Å². The molecule has 6 rings (SSSR count). The van der Waals surface area contributed by atoms with Crippen molar-refractivity contribution >= 4 is 11.1 Å². The summed E-state index contributed by atoms with van der Waals surface area (Å²) in [6.07, 6.45) is 22.0. The van der Waals surface area contributed by atoms with Crippen LogP contribution < -0.4 is 0 Å². The van der Waals surface area contributed by atoms with E-state index in [0.717, 1.165) is 12.8 Å². The van der Waals surface area contributed by atoms with Crippen LogP contribution in [0, 0.1) is 5.92 Å². The summed E-state index contributed by atoms with van der Waals surface area (Å²) in [5.74, 6) is 0.399. The molecule has 0 nitrogen and oxygen atoms in total. The van der Waals surface area contributed by atoms with Crippen molar-refractivity contribution in [3.63, 3.8) is 0 Å². The van der Waals surface area contributed by atoms with Gasteiger partial charge in [0.1, 0.15) is 0 Å². The van der Waals surface area contributed by atoms with Crippen molar-refractivity contribution in [3.05, 3.63) is 130 Å². The van der Waals surface area contributed by atoms with Gasteiger partial charge in [-0.25, -0.2) is 0 Å². The molecule has 4 aliphatic rings. The predicted octanol–water partition coefficient (Wildman–Crippen LogP) is 7.59. The van der Waals surface area contributed by atoms with Gasteiger partial charge in [-0.1, -0.05) is 90.6 Å². The Balaban J connectivity index is 1.25. The van der Waals surface area contributed by atoms with E-state index in [1.165, 1.54) is 63.8 Å². The maximum Gasteiger partial charge on any atom is 0.0281 e. The minimum absolute atomic E-state index is 0.399. The summed E-state index contributed by atoms with van der Waals surface area (Å²) in [5.41, 5.74) is 14.5. The normalized spacial score (nSPS) is 21.2. The number of benzene rings is 2. The molecule has 0 fully saturated rings. The molecule has 0 spiro atoms. The van der Waals surface area contributed by atoms with Gasteiger partial charge in [0.05, 0.1) is 0 Å². The maximum atomic E-state index is 2.45. The van der Waals surface area contributed by atoms with Crippen LogP contribution in [0.4, 0.5) is 0 Å². The Morgan fingerprint density at radius 1 is 0.774 bits per heavy atom. The Labute approximate surface area is 185 Å². The Morgan fingerprint density at radius 2 is 1.61 bits per heavy atom. The largest absolute Gasteiger partial charge is 0.0726 e. The SMILES string of the molecule is CC1=CC=C(c2ccc(CC3=CC=C(c4ccc5c(c4)CCC5)C4C=CC=C34)cc2)C1. The molecule has 0 bridgehead atoms. The van der Waals surface area contributed by atoms with Crippen molar-refractivity contribution in [2.75, 3.05) is 0 Å². The van der Waals surface area contributed by atoms with E-state index in [4.69, 9.17) is 0 Å². The molecule has 0 amide bonds. The number of hydrogen-bond acceptors (Lipinski definition) is 0. The molecule has 0 N–H and O–H groups in total. The van der Waals surface area contributed by atoms with E-state index in [0.29, 0.717) is 5.92 Å². The van der Waals surface area contributed by atoms with Crippen LogP contribution in [0.5, 0.6) is 0 Å². The lowest BCUT2D eigenvalue weighted by atomic mass is 9.79. The second-order valence-electron chi connectivity index (χ2n) is 9.39. The maximum absolute atomic E-state index is 2.45. The van der Waals surface area contributed by atoms with Gasteiger partial charge in [-0.15, -0.1) is 0 Å². The third-order valence-corrected chi connectivity index (χ3v) is 7.27. The van der Waals surface area contributed by atoms with Crippen LogP contribution in [0.15, 0.2) is 102 Å². The van der Waals surface area contributed by atoms with Gasteiger partial charge in [-0.2, -0.15) is 0 Å². The average molecular weight is 401 g/mol. The molecule has 0 radical (unpaired) electrons. The molecular weight excluding hydrogens is 372 g/mol. The van der Waals surface area contributed by atoms with Crippen LogP contribution in [0.2, 0.25) is 0 Å². The summed E-state index contributed by atoms with van der Waals surface area (Å²) >= 11 is 0. The van der Waals surface area contributed by atoms with Crippen molar-refractivity contribution in [1.82, 2.24) is 0 Å². The summed E-state index contributed by atoms with van der Waals surface area (Å²) in [7, 11) is 0. The lowest BCUT2D eigenvalue weighted by Gasteiger charge is -2.25. The van der Waals surface area contributed by atoms with Crippen LogP contribution in [-0.4, -0.2) is 0 Å². The highest BCUT2D eigenvalue weighted by atomic mass is 14.3. The Morgan fingerprint density at radius 3 is 2.45 bits per heavy atom. The quantitative estimate of drug-likeness (QED) is 0.496. The fourth-order valence-electron chi connectivity index (χ4n) is 5.55. The van der Waals surface area contributed by atoms with Crippen LogP contribution in [0.1, 0.15) is 47.6 Å². The summed E-state index contributed by atoms with van der Waals surface area (Å²) in [6.45, 7) is 2.21. The standard InChI is InChI=1S/C31H28/c1-21-8-11-26(18-21)24-12-9-22(10-13-24)19-27-16-17-30(31-7-3-6-29(27)31)28-15-14-23-4-2-5-25(23)20-28/h3,6-17,20,31H,2,4-5,18-19H2,1H3. The van der Waals surface area contributed by atoms with Crippen LogP contribution >= 0.6 is 0 Å². The zero-order valence-corrected chi connectivity index (χ0v) is 18.2. The molecule has 0 saturated carbocycles. The molecule has 4 aliphatic carbocycles. The highest BCUT2D eigenvalue weighted by molar-refractivity contribution is 5.79. The number of aryl methyl sites for hydroxylation is 2. The zero-order valence-electron chi connectivity index (χ0n) is 18.2. The summed E-state index contributed by atoms with van der Waals surface area (Å²) in [5, 5.41) is 0. The van der Waals surface area contributed by atoms with E-state index in [1.807, 2.05) is 0 Å². The van der Waals surface area contributed by atoms with E-state index < -0.39 is 0 Å². The first-order valence-electron chi connectivity index (χ1n) is 11.6. The smallest absolute Gasteiger partial charge is 0.0281 e. The third kappa shape index (κ3) is 3.41. The molecule has 0 heterocycles. The van der Waals surface area contributed by atoms with E-state index in [2.05, 4.69) is 91.9 Å². The van der Waals surface area contributed by atoms with Gasteiger partial charge in [-0.3, -0.25) is 0 Å². The lowest BCUT2D eigenvalue weighted by molar-refractivity contribution is 0.911. The van der Waals surface area contributed by atoms with Gasteiger partial charge in [0.15, 0.2) is 0 Å². The van der Waals surface area contributed by atoms with Gasteiger partial charge >= 0.3 is 0 Å². The average Bonchev–Trinajstić information content (AvgIpc) is 3.54. The topological polar surface area (TPSA) is 0 Å². The fraction of sp³-hybridized carbons (Fsp3) is 0.226. The van der Waals surface area contributed by atoms with Crippen molar-refractivity contribution in [2.24, 2.45) is 5.92 Å². The molecule has 0 heteroatoms. The van der Waals surface area contributed by atoms with Crippen molar-refractivity contribution in [1.29, 1.82) is 0 Å². The number of allylic oxidation sites excluding steroid dienone is 12. The van der Waals surface area contributed by atoms with Gasteiger partial charge < -0.3 is 0 Å². The Bertz CT molecular complexity index is 1240. The molecule has 1 unspecified atom stereocenters. The highest BCUT2D eigenvalue weighted by Crippen LogP contribution is 2.42. The second-order valence-corrected chi connectivity index (χ2v) is 9.39. The lowest BCUT2D eigenvalue weighted by Crippen LogP contribution is -2.10. The number of rotatable bonds is 4. The Kier molecular flexibility index (Phi) is 4.53. The van der Waals surface area contributed by atoms with Gasteiger partial charge in [0.2, 0.25) is 0 Å². The minimum Gasteiger partial charge on any atom is -0.0726 e. The van der Waals surface area contributed by atoms with E-state index in [1.54, 1.807) is 11.1 Å². The predicted molar refractivity (Wildman–Crippen MR) is 132 cm³/mol. The van der Waals surface area contributed by atoms with Gasteiger partial charge in [0.25, 0.3) is 0 Å². The molecule has 31 heavy (non-hydrogen) atoms. The summed E-state index contributed by atoms with van der Waals surface area (Å²) in [6, 6.07) is 16.3. The monoisotopic (exact) mass is 400 g/mol. The first-order chi connectivity index (χ1) is 15.2. The highest BCUT2D eigenvalue weighted by Gasteiger charge is 2.26. The third-order valence-electron chi connectivity index (χ3n) is 7.27. The number of fused-ring (bicyclic) bond motifs is 2. The first kappa shape index (κ1) is 18.6. The van der Waals surface area contributed by atoms with Crippen molar-refractivity contribution in [3.8, 4) is 0 Å². The van der Waals surface area contributed by atoms with Crippen LogP contribution in [-0.2, 0) is 19.3 Å². The van der Waals surface area contributed by atoms with E-state index in [9.17, 15) is 0 Å². The molecular formula is C31H28. The Hall–Kier alpha value is -3.12. The zero-order chi connectivity index (χ0) is 20.8. The molecule has 0 aliphatic heterocycles. The van der Waals surface area contributed by atoms with E-state index in [-0.39, 0.29) is 0 Å². The molecule has 152 valence electrons. The van der Waals surface area contributed by atoms with Gasteiger partial charge in [-0.05, 0) is 89.1 Å². The number of hydrogen-bond donors (Lipinski definition) is 0. The molecule has 2 aromatic carbocycles. The summed E-state index contributed by atoms with van der Waals surface area (Å²) < 4.78 is 0. The first-order valence-corrected chi connectivity index (χ1v) is 11.6. The van der Waals surface area contributed by atoms with Crippen molar-refractivity contribution < 1.29 is 0 Å². The van der Waals surface area contributed by atoms with Crippen LogP contribution in [0.3, 0.4) is 0 Å². The van der Waals surface area contributed by atoms with Gasteiger partial charge in [0, 0.05) is 5.92 Å². The van der Waals surface area contributed by atoms with Crippen LogP contribution in [0.25, 0.3) is 11.1 Å². The molecule has 2 aromatic rings. The molecule has 0 saturated heterocycles. The fourth-order valence-corrected chi connectivity index (χ4v) is 5.55. The minimum atomic E-state index is 0.399. The summed E-state index contributed by atoms with van der Waals surface area (Å²) in [4.78, 5) is 0. The molecule has 0 aromatic heterocycles. The molecule has 1 atom stereocenters.